The van der Waals surface area contributed by atoms with Gasteiger partial charge in [0.25, 0.3) is 0 Å². The summed E-state index contributed by atoms with van der Waals surface area (Å²) in [5.41, 5.74) is 2.92. The molecule has 1 aromatic carbocycles. The fourth-order valence-electron chi connectivity index (χ4n) is 2.73. The van der Waals surface area contributed by atoms with Crippen LogP contribution in [-0.2, 0) is 6.42 Å². The van der Waals surface area contributed by atoms with Crippen LogP contribution < -0.4 is 4.74 Å². The smallest absolute Gasteiger partial charge is 0.119 e. The molecule has 0 saturated carbocycles. The van der Waals surface area contributed by atoms with Gasteiger partial charge >= 0.3 is 0 Å². The number of fused-ring (bicyclic) bond motifs is 1. The molecule has 2 rings (SSSR count). The third-order valence-corrected chi connectivity index (χ3v) is 3.63. The fraction of sp³-hybridized carbons (Fsp3) is 0.533. The summed E-state index contributed by atoms with van der Waals surface area (Å²) >= 11 is 0. The second-order valence-electron chi connectivity index (χ2n) is 4.70. The Kier molecular flexibility index (Phi) is 4.03. The molecule has 2 nitrogen and oxygen atoms in total. The molecule has 0 N–H and O–H groups in total. The van der Waals surface area contributed by atoms with Gasteiger partial charge in [0, 0.05) is 6.42 Å². The van der Waals surface area contributed by atoms with E-state index in [9.17, 15) is 0 Å². The zero-order valence-electron chi connectivity index (χ0n) is 10.4. The summed E-state index contributed by atoms with van der Waals surface area (Å²) in [4.78, 5) is 0. The number of nitriles is 1. The molecule has 1 atom stereocenters. The summed E-state index contributed by atoms with van der Waals surface area (Å²) in [6, 6.07) is 8.67. The average molecular weight is 229 g/mol. The minimum absolute atomic E-state index is 0.627. The number of methoxy groups -OCH3 is 1. The van der Waals surface area contributed by atoms with Gasteiger partial charge in [-0.1, -0.05) is 6.07 Å². The summed E-state index contributed by atoms with van der Waals surface area (Å²) in [6.45, 7) is 0. The fourth-order valence-corrected chi connectivity index (χ4v) is 2.73. The Morgan fingerprint density at radius 1 is 1.47 bits per heavy atom. The van der Waals surface area contributed by atoms with Crippen LogP contribution in [-0.4, -0.2) is 7.11 Å². The molecule has 0 radical (unpaired) electrons. The van der Waals surface area contributed by atoms with E-state index in [2.05, 4.69) is 24.3 Å². The lowest BCUT2D eigenvalue weighted by molar-refractivity contribution is 0.411. The molecule has 0 aromatic heterocycles. The maximum Gasteiger partial charge on any atom is 0.119 e. The molecule has 1 unspecified atom stereocenters. The lowest BCUT2D eigenvalue weighted by Crippen LogP contribution is -2.10. The molecule has 0 amide bonds. The second-order valence-corrected chi connectivity index (χ2v) is 4.70. The molecule has 0 fully saturated rings. The van der Waals surface area contributed by atoms with E-state index in [1.54, 1.807) is 7.11 Å². The number of nitrogens with zero attached hydrogens (tertiary/aromatic N) is 1. The van der Waals surface area contributed by atoms with Gasteiger partial charge in [-0.2, -0.15) is 5.26 Å². The maximum atomic E-state index is 8.60. The minimum atomic E-state index is 0.627. The van der Waals surface area contributed by atoms with Crippen molar-refractivity contribution in [3.05, 3.63) is 29.3 Å². The van der Waals surface area contributed by atoms with Crippen molar-refractivity contribution < 1.29 is 4.74 Å². The Labute approximate surface area is 103 Å². The van der Waals surface area contributed by atoms with Crippen LogP contribution in [0.4, 0.5) is 0 Å². The van der Waals surface area contributed by atoms with Gasteiger partial charge in [0.05, 0.1) is 13.2 Å². The highest BCUT2D eigenvalue weighted by Crippen LogP contribution is 2.36. The minimum Gasteiger partial charge on any atom is -0.497 e. The van der Waals surface area contributed by atoms with Crippen LogP contribution in [0, 0.1) is 11.3 Å². The number of benzene rings is 1. The second kappa shape index (κ2) is 5.72. The Bertz CT molecular complexity index is 419. The van der Waals surface area contributed by atoms with Crippen LogP contribution in [0.1, 0.15) is 49.1 Å². The van der Waals surface area contributed by atoms with E-state index in [-0.39, 0.29) is 0 Å². The predicted molar refractivity (Wildman–Crippen MR) is 68.1 cm³/mol. The van der Waals surface area contributed by atoms with E-state index in [0.717, 1.165) is 18.6 Å². The van der Waals surface area contributed by atoms with Crippen molar-refractivity contribution in [1.82, 2.24) is 0 Å². The highest BCUT2D eigenvalue weighted by molar-refractivity contribution is 5.39. The molecule has 90 valence electrons. The van der Waals surface area contributed by atoms with E-state index in [0.29, 0.717) is 12.3 Å². The lowest BCUT2D eigenvalue weighted by Gasteiger charge is -2.25. The molecule has 1 aromatic rings. The molecule has 0 saturated heterocycles. The standard InChI is InChI=1S/C15H19NO/c1-17-14-9-8-13-7-4-6-12(15(13)11-14)5-2-3-10-16/h8-9,11-12H,2-7H2,1H3. The van der Waals surface area contributed by atoms with E-state index >= 15 is 0 Å². The third kappa shape index (κ3) is 2.79. The van der Waals surface area contributed by atoms with Gasteiger partial charge in [-0.05, 0) is 61.3 Å². The lowest BCUT2D eigenvalue weighted by atomic mass is 9.80. The monoisotopic (exact) mass is 229 g/mol. The number of hydrogen-bond donors (Lipinski definition) is 0. The molecule has 1 aliphatic carbocycles. The first-order valence-corrected chi connectivity index (χ1v) is 6.39. The molecular weight excluding hydrogens is 210 g/mol. The average Bonchev–Trinajstić information content (AvgIpc) is 2.39. The summed E-state index contributed by atoms with van der Waals surface area (Å²) in [6.07, 6.45) is 6.54. The molecule has 2 heteroatoms. The van der Waals surface area contributed by atoms with E-state index in [1.165, 1.54) is 30.4 Å². The number of ether oxygens (including phenoxy) is 1. The van der Waals surface area contributed by atoms with Crippen LogP contribution in [0.25, 0.3) is 0 Å². The first-order valence-electron chi connectivity index (χ1n) is 6.39. The van der Waals surface area contributed by atoms with Crippen molar-refractivity contribution >= 4 is 0 Å². The van der Waals surface area contributed by atoms with Gasteiger partial charge in [0.15, 0.2) is 0 Å². The first kappa shape index (κ1) is 12.0. The van der Waals surface area contributed by atoms with Gasteiger partial charge in [-0.25, -0.2) is 0 Å². The molecule has 0 heterocycles. The summed E-state index contributed by atoms with van der Waals surface area (Å²) in [7, 11) is 1.72. The number of unbranched alkanes of at least 4 members (excludes halogenated alkanes) is 1. The highest BCUT2D eigenvalue weighted by Gasteiger charge is 2.20. The Balaban J connectivity index is 2.14. The van der Waals surface area contributed by atoms with Crippen molar-refractivity contribution in [2.24, 2.45) is 0 Å². The summed E-state index contributed by atoms with van der Waals surface area (Å²) in [5, 5.41) is 8.60. The molecule has 0 bridgehead atoms. The number of rotatable bonds is 4. The van der Waals surface area contributed by atoms with E-state index < -0.39 is 0 Å². The summed E-state index contributed by atoms with van der Waals surface area (Å²) < 4.78 is 5.30. The van der Waals surface area contributed by atoms with Gasteiger partial charge in [0.2, 0.25) is 0 Å². The Hall–Kier alpha value is -1.49. The zero-order valence-corrected chi connectivity index (χ0v) is 10.4. The zero-order chi connectivity index (χ0) is 12.1. The first-order chi connectivity index (χ1) is 8.35. The predicted octanol–water partition coefficient (Wildman–Crippen LogP) is 3.81. The molecular formula is C15H19NO. The summed E-state index contributed by atoms with van der Waals surface area (Å²) in [5.74, 6) is 1.58. The van der Waals surface area contributed by atoms with Crippen LogP contribution in [0.15, 0.2) is 18.2 Å². The van der Waals surface area contributed by atoms with Gasteiger partial charge in [-0.3, -0.25) is 0 Å². The Morgan fingerprint density at radius 3 is 3.12 bits per heavy atom. The molecule has 1 aliphatic rings. The van der Waals surface area contributed by atoms with Crippen LogP contribution in [0.5, 0.6) is 5.75 Å². The van der Waals surface area contributed by atoms with E-state index in [1.807, 2.05) is 0 Å². The van der Waals surface area contributed by atoms with E-state index in [4.69, 9.17) is 10.00 Å². The third-order valence-electron chi connectivity index (χ3n) is 3.63. The van der Waals surface area contributed by atoms with Crippen LogP contribution in [0.3, 0.4) is 0 Å². The van der Waals surface area contributed by atoms with Gasteiger partial charge in [0.1, 0.15) is 5.75 Å². The van der Waals surface area contributed by atoms with Crippen molar-refractivity contribution in [1.29, 1.82) is 5.26 Å². The van der Waals surface area contributed by atoms with Crippen LogP contribution >= 0.6 is 0 Å². The van der Waals surface area contributed by atoms with Crippen molar-refractivity contribution in [3.8, 4) is 11.8 Å². The molecule has 17 heavy (non-hydrogen) atoms. The molecule has 0 aliphatic heterocycles. The Morgan fingerprint density at radius 2 is 2.35 bits per heavy atom. The van der Waals surface area contributed by atoms with Gasteiger partial charge in [-0.15, -0.1) is 0 Å². The largest absolute Gasteiger partial charge is 0.497 e. The maximum absolute atomic E-state index is 8.60. The van der Waals surface area contributed by atoms with Crippen molar-refractivity contribution in [3.63, 3.8) is 0 Å². The van der Waals surface area contributed by atoms with Crippen molar-refractivity contribution in [2.75, 3.05) is 7.11 Å². The number of hydrogen-bond acceptors (Lipinski definition) is 2. The SMILES string of the molecule is COc1ccc2c(c1)C(CCCC#N)CCC2. The normalized spacial score (nSPS) is 18.2. The van der Waals surface area contributed by atoms with Crippen LogP contribution in [0.2, 0.25) is 0 Å². The quantitative estimate of drug-likeness (QED) is 0.735. The van der Waals surface area contributed by atoms with Crippen molar-refractivity contribution in [2.45, 2.75) is 44.4 Å². The molecule has 0 spiro atoms. The highest BCUT2D eigenvalue weighted by atomic mass is 16.5. The topological polar surface area (TPSA) is 33.0 Å². The van der Waals surface area contributed by atoms with Gasteiger partial charge < -0.3 is 4.74 Å². The number of aryl methyl sites for hydroxylation is 1.